The molecule has 1 aromatic heterocycles. The summed E-state index contributed by atoms with van der Waals surface area (Å²) in [5.41, 5.74) is 1.29. The van der Waals surface area contributed by atoms with Crippen LogP contribution in [0.3, 0.4) is 0 Å². The molecule has 0 unspecified atom stereocenters. The number of aromatic nitrogens is 1. The first-order valence-electron chi connectivity index (χ1n) is 4.54. The topological polar surface area (TPSA) is 12.9 Å². The van der Waals surface area contributed by atoms with Crippen LogP contribution in [0.4, 0.5) is 0 Å². The van der Waals surface area contributed by atoms with Crippen molar-refractivity contribution in [1.29, 1.82) is 0 Å². The fourth-order valence-corrected chi connectivity index (χ4v) is 3.22. The molecule has 0 N–H and O–H groups in total. The van der Waals surface area contributed by atoms with Gasteiger partial charge in [0, 0.05) is 21.7 Å². The van der Waals surface area contributed by atoms with Crippen LogP contribution in [0, 0.1) is 6.92 Å². The van der Waals surface area contributed by atoms with Gasteiger partial charge in [0.25, 0.3) is 0 Å². The SMILES string of the molecule is Cc1cccc(SCc2cnc(Cl)s2)c1. The third kappa shape index (κ3) is 3.23. The van der Waals surface area contributed by atoms with Crippen LogP contribution in [0.1, 0.15) is 10.4 Å². The van der Waals surface area contributed by atoms with Crippen molar-refractivity contribution in [3.63, 3.8) is 0 Å². The number of thioether (sulfide) groups is 1. The Hall–Kier alpha value is -0.510. The minimum absolute atomic E-state index is 0.620. The molecule has 1 heterocycles. The zero-order valence-electron chi connectivity index (χ0n) is 8.24. The van der Waals surface area contributed by atoms with Gasteiger partial charge in [-0.2, -0.15) is 0 Å². The molecular formula is C11H10ClNS2. The van der Waals surface area contributed by atoms with Gasteiger partial charge in [0.2, 0.25) is 0 Å². The van der Waals surface area contributed by atoms with Gasteiger partial charge in [-0.3, -0.25) is 0 Å². The lowest BCUT2D eigenvalue weighted by atomic mass is 10.2. The fourth-order valence-electron chi connectivity index (χ4n) is 1.21. The maximum Gasteiger partial charge on any atom is 0.183 e. The monoisotopic (exact) mass is 255 g/mol. The molecule has 2 aromatic rings. The van der Waals surface area contributed by atoms with E-state index in [2.05, 4.69) is 36.2 Å². The van der Waals surface area contributed by atoms with Crippen molar-refractivity contribution in [2.24, 2.45) is 0 Å². The molecule has 0 saturated heterocycles. The lowest BCUT2D eigenvalue weighted by Crippen LogP contribution is -1.76. The van der Waals surface area contributed by atoms with Crippen molar-refractivity contribution in [3.8, 4) is 0 Å². The Labute approximate surface area is 103 Å². The molecule has 0 saturated carbocycles. The van der Waals surface area contributed by atoms with E-state index < -0.39 is 0 Å². The molecule has 0 bridgehead atoms. The van der Waals surface area contributed by atoms with Gasteiger partial charge in [-0.15, -0.1) is 23.1 Å². The van der Waals surface area contributed by atoms with Gasteiger partial charge >= 0.3 is 0 Å². The van der Waals surface area contributed by atoms with E-state index in [9.17, 15) is 0 Å². The van der Waals surface area contributed by atoms with E-state index >= 15 is 0 Å². The lowest BCUT2D eigenvalue weighted by Gasteiger charge is -2.00. The summed E-state index contributed by atoms with van der Waals surface area (Å²) in [6, 6.07) is 8.50. The second-order valence-corrected chi connectivity index (χ2v) is 5.93. The number of hydrogen-bond acceptors (Lipinski definition) is 3. The van der Waals surface area contributed by atoms with Gasteiger partial charge < -0.3 is 0 Å². The predicted octanol–water partition coefficient (Wildman–Crippen LogP) is 4.40. The van der Waals surface area contributed by atoms with E-state index in [0.717, 1.165) is 5.75 Å². The highest BCUT2D eigenvalue weighted by Gasteiger charge is 2.00. The second kappa shape index (κ2) is 5.01. The third-order valence-electron chi connectivity index (χ3n) is 1.90. The van der Waals surface area contributed by atoms with Crippen molar-refractivity contribution in [3.05, 3.63) is 45.4 Å². The summed E-state index contributed by atoms with van der Waals surface area (Å²) in [5.74, 6) is 0.938. The van der Waals surface area contributed by atoms with E-state index in [1.165, 1.54) is 15.3 Å². The first kappa shape index (κ1) is 11.0. The van der Waals surface area contributed by atoms with Crippen molar-refractivity contribution in [2.45, 2.75) is 17.6 Å². The van der Waals surface area contributed by atoms with Gasteiger partial charge in [0.1, 0.15) is 0 Å². The standard InChI is InChI=1S/C11H10ClNS2/c1-8-3-2-4-9(5-8)14-7-10-6-13-11(12)15-10/h2-6H,7H2,1H3. The number of aryl methyl sites for hydroxylation is 1. The van der Waals surface area contributed by atoms with E-state index in [0.29, 0.717) is 4.47 Å². The van der Waals surface area contributed by atoms with Gasteiger partial charge in [-0.1, -0.05) is 29.3 Å². The molecule has 78 valence electrons. The molecule has 0 aliphatic rings. The largest absolute Gasteiger partial charge is 0.233 e. The molecule has 0 amide bonds. The minimum atomic E-state index is 0.620. The second-order valence-electron chi connectivity index (χ2n) is 3.18. The predicted molar refractivity (Wildman–Crippen MR) is 67.9 cm³/mol. The van der Waals surface area contributed by atoms with Crippen LogP contribution in [0.5, 0.6) is 0 Å². The summed E-state index contributed by atoms with van der Waals surface area (Å²) >= 11 is 9.12. The third-order valence-corrected chi connectivity index (χ3v) is 4.24. The molecular weight excluding hydrogens is 246 g/mol. The van der Waals surface area contributed by atoms with E-state index in [4.69, 9.17) is 11.6 Å². The molecule has 0 fully saturated rings. The summed E-state index contributed by atoms with van der Waals surface area (Å²) in [6.07, 6.45) is 1.84. The maximum absolute atomic E-state index is 5.77. The quantitative estimate of drug-likeness (QED) is 0.754. The van der Waals surface area contributed by atoms with Crippen molar-refractivity contribution in [1.82, 2.24) is 4.98 Å². The Balaban J connectivity index is 1.99. The summed E-state index contributed by atoms with van der Waals surface area (Å²) in [4.78, 5) is 6.52. The summed E-state index contributed by atoms with van der Waals surface area (Å²) in [6.45, 7) is 2.10. The number of benzene rings is 1. The summed E-state index contributed by atoms with van der Waals surface area (Å²) < 4.78 is 0.620. The molecule has 0 spiro atoms. The molecule has 0 radical (unpaired) electrons. The Kier molecular flexibility index (Phi) is 3.67. The number of rotatable bonds is 3. The Morgan fingerprint density at radius 1 is 1.47 bits per heavy atom. The average molecular weight is 256 g/mol. The highest BCUT2D eigenvalue weighted by molar-refractivity contribution is 7.98. The van der Waals surface area contributed by atoms with Crippen LogP contribution >= 0.6 is 34.7 Å². The zero-order chi connectivity index (χ0) is 10.7. The average Bonchev–Trinajstić information content (AvgIpc) is 2.62. The van der Waals surface area contributed by atoms with Crippen LogP contribution in [-0.4, -0.2) is 4.98 Å². The minimum Gasteiger partial charge on any atom is -0.233 e. The van der Waals surface area contributed by atoms with Crippen LogP contribution in [-0.2, 0) is 5.75 Å². The Morgan fingerprint density at radius 3 is 3.00 bits per heavy atom. The molecule has 0 atom stereocenters. The molecule has 1 aromatic carbocycles. The Morgan fingerprint density at radius 2 is 2.33 bits per heavy atom. The zero-order valence-corrected chi connectivity index (χ0v) is 10.6. The normalized spacial score (nSPS) is 10.5. The van der Waals surface area contributed by atoms with Crippen molar-refractivity contribution >= 4 is 34.7 Å². The van der Waals surface area contributed by atoms with E-state index in [1.807, 2.05) is 18.0 Å². The highest BCUT2D eigenvalue weighted by Crippen LogP contribution is 2.27. The van der Waals surface area contributed by atoms with Crippen molar-refractivity contribution in [2.75, 3.05) is 0 Å². The number of nitrogens with zero attached hydrogens (tertiary/aromatic N) is 1. The van der Waals surface area contributed by atoms with Gasteiger partial charge in [0.15, 0.2) is 4.47 Å². The van der Waals surface area contributed by atoms with Gasteiger partial charge in [0.05, 0.1) is 0 Å². The number of hydrogen-bond donors (Lipinski definition) is 0. The first-order chi connectivity index (χ1) is 7.24. The van der Waals surface area contributed by atoms with Crippen LogP contribution < -0.4 is 0 Å². The molecule has 15 heavy (non-hydrogen) atoms. The summed E-state index contributed by atoms with van der Waals surface area (Å²) in [7, 11) is 0. The van der Waals surface area contributed by atoms with Gasteiger partial charge in [-0.05, 0) is 19.1 Å². The number of thiazole rings is 1. The number of halogens is 1. The molecule has 4 heteroatoms. The smallest absolute Gasteiger partial charge is 0.183 e. The van der Waals surface area contributed by atoms with Gasteiger partial charge in [-0.25, -0.2) is 4.98 Å². The van der Waals surface area contributed by atoms with E-state index in [1.54, 1.807) is 11.3 Å². The highest BCUT2D eigenvalue weighted by atomic mass is 35.5. The first-order valence-corrected chi connectivity index (χ1v) is 6.72. The maximum atomic E-state index is 5.77. The summed E-state index contributed by atoms with van der Waals surface area (Å²) in [5, 5.41) is 0. The molecule has 2 rings (SSSR count). The van der Waals surface area contributed by atoms with E-state index in [-0.39, 0.29) is 0 Å². The van der Waals surface area contributed by atoms with Crippen LogP contribution in [0.25, 0.3) is 0 Å². The van der Waals surface area contributed by atoms with Crippen LogP contribution in [0.2, 0.25) is 4.47 Å². The molecule has 0 aliphatic carbocycles. The fraction of sp³-hybridized carbons (Fsp3) is 0.182. The Bertz CT molecular complexity index is 453. The van der Waals surface area contributed by atoms with Crippen molar-refractivity contribution < 1.29 is 0 Å². The lowest BCUT2D eigenvalue weighted by molar-refractivity contribution is 1.34. The molecule has 0 aliphatic heterocycles. The van der Waals surface area contributed by atoms with Crippen LogP contribution in [0.15, 0.2) is 35.4 Å². The molecule has 1 nitrogen and oxygen atoms in total.